The first-order chi connectivity index (χ1) is 30.8. The van der Waals surface area contributed by atoms with Crippen molar-refractivity contribution in [3.8, 4) is 34.1 Å². The summed E-state index contributed by atoms with van der Waals surface area (Å²) in [6.45, 7) is 5.64. The van der Waals surface area contributed by atoms with Crippen LogP contribution in [0.3, 0.4) is 0 Å². The Morgan fingerprint density at radius 3 is 1.39 bits per heavy atom. The smallest absolute Gasteiger partial charge is 0.306 e. The molecule has 2 heterocycles. The number of ether oxygens (including phenoxy) is 4. The third-order valence-electron chi connectivity index (χ3n) is 10.1. The van der Waals surface area contributed by atoms with Crippen LogP contribution in [-0.2, 0) is 49.1 Å². The number of halogens is 2. The molecule has 2 aromatic heterocycles. The van der Waals surface area contributed by atoms with Crippen molar-refractivity contribution in [3.05, 3.63) is 137 Å². The molecule has 64 heavy (non-hydrogen) atoms. The highest BCUT2D eigenvalue weighted by atomic mass is 35.5. The number of carboxylic acid groups (broad SMARTS) is 2. The van der Waals surface area contributed by atoms with Gasteiger partial charge in [-0.3, -0.25) is 9.59 Å². The molecule has 338 valence electrons. The largest absolute Gasteiger partial charge is 0.487 e. The van der Waals surface area contributed by atoms with Crippen LogP contribution in [-0.4, -0.2) is 67.6 Å². The molecule has 6 N–H and O–H groups in total. The summed E-state index contributed by atoms with van der Waals surface area (Å²) in [5.74, 6) is -0.319. The number of carbonyl (C=O) groups is 2. The van der Waals surface area contributed by atoms with Crippen molar-refractivity contribution in [1.82, 2.24) is 20.6 Å². The summed E-state index contributed by atoms with van der Waals surface area (Å²) >= 11 is 16.5. The van der Waals surface area contributed by atoms with E-state index in [1.165, 1.54) is 22.7 Å². The minimum atomic E-state index is -1.08. The number of aliphatic hydroxyl groups excluding tert-OH is 2. The quantitative estimate of drug-likeness (QED) is 0.0320. The van der Waals surface area contributed by atoms with Crippen LogP contribution in [0.25, 0.3) is 11.1 Å². The summed E-state index contributed by atoms with van der Waals surface area (Å²) in [6.07, 6.45) is 0.550. The maximum absolute atomic E-state index is 11.0. The second-order valence-corrected chi connectivity index (χ2v) is 17.5. The van der Waals surface area contributed by atoms with E-state index in [9.17, 15) is 19.8 Å². The fourth-order valence-electron chi connectivity index (χ4n) is 6.71. The lowest BCUT2D eigenvalue weighted by Crippen LogP contribution is -2.28. The van der Waals surface area contributed by atoms with Crippen LogP contribution < -0.4 is 29.6 Å². The molecule has 0 saturated carbocycles. The molecule has 18 heteroatoms. The normalized spacial score (nSPS) is 12.2. The average Bonchev–Trinajstić information content (AvgIpc) is 3.98. The van der Waals surface area contributed by atoms with Gasteiger partial charge in [0.15, 0.2) is 0 Å². The number of aliphatic hydroxyl groups is 2. The molecule has 0 aliphatic heterocycles. The van der Waals surface area contributed by atoms with Crippen molar-refractivity contribution in [1.29, 1.82) is 0 Å². The van der Waals surface area contributed by atoms with Crippen molar-refractivity contribution in [2.75, 3.05) is 13.1 Å². The Kier molecular flexibility index (Phi) is 17.7. The first kappa shape index (κ1) is 48.2. The predicted octanol–water partition coefficient (Wildman–Crippen LogP) is 8.36. The van der Waals surface area contributed by atoms with Gasteiger partial charge >= 0.3 is 11.9 Å². The molecule has 0 saturated heterocycles. The Morgan fingerprint density at radius 1 is 0.609 bits per heavy atom. The molecular weight excluding hydrogens is 904 g/mol. The number of aliphatic carboxylic acids is 2. The Labute approximate surface area is 388 Å². The van der Waals surface area contributed by atoms with E-state index in [0.717, 1.165) is 43.4 Å². The van der Waals surface area contributed by atoms with E-state index in [2.05, 4.69) is 32.7 Å². The molecule has 2 atom stereocenters. The number of rotatable bonds is 25. The van der Waals surface area contributed by atoms with Crippen LogP contribution in [0.1, 0.15) is 56.2 Å². The number of hydrogen-bond acceptors (Lipinski definition) is 14. The molecule has 6 rings (SSSR count). The van der Waals surface area contributed by atoms with E-state index in [0.29, 0.717) is 44.2 Å². The lowest BCUT2D eigenvalue weighted by molar-refractivity contribution is -0.140. The average molecular weight is 952 g/mol. The van der Waals surface area contributed by atoms with Gasteiger partial charge in [0.1, 0.15) is 59.4 Å². The summed E-state index contributed by atoms with van der Waals surface area (Å²) in [6, 6.07) is 19.0. The van der Waals surface area contributed by atoms with Gasteiger partial charge in [0, 0.05) is 72.6 Å². The molecule has 14 nitrogen and oxygen atoms in total. The van der Waals surface area contributed by atoms with E-state index < -0.39 is 24.1 Å². The zero-order valence-corrected chi connectivity index (χ0v) is 38.2. The van der Waals surface area contributed by atoms with E-state index in [-0.39, 0.29) is 65.4 Å². The third kappa shape index (κ3) is 13.8. The van der Waals surface area contributed by atoms with E-state index in [1.807, 2.05) is 48.9 Å². The Balaban J connectivity index is 1.15. The van der Waals surface area contributed by atoms with Gasteiger partial charge in [-0.15, -0.1) is 22.7 Å². The molecule has 0 amide bonds. The minimum absolute atomic E-state index is 0.0684. The molecule has 0 aliphatic carbocycles. The second kappa shape index (κ2) is 23.6. The summed E-state index contributed by atoms with van der Waals surface area (Å²) in [4.78, 5) is 30.6. The Morgan fingerprint density at radius 2 is 1.02 bits per heavy atom. The Hall–Kier alpha value is -5.30. The third-order valence-corrected chi connectivity index (χ3v) is 12.2. The van der Waals surface area contributed by atoms with Gasteiger partial charge in [-0.25, -0.2) is 9.97 Å². The van der Waals surface area contributed by atoms with Crippen LogP contribution in [0, 0.1) is 13.8 Å². The van der Waals surface area contributed by atoms with Crippen molar-refractivity contribution < 1.29 is 49.0 Å². The highest BCUT2D eigenvalue weighted by Crippen LogP contribution is 2.37. The number of hydrogen-bond donors (Lipinski definition) is 6. The van der Waals surface area contributed by atoms with Crippen molar-refractivity contribution in [3.63, 3.8) is 0 Å². The monoisotopic (exact) mass is 950 g/mol. The van der Waals surface area contributed by atoms with Gasteiger partial charge in [-0.05, 0) is 59.4 Å². The van der Waals surface area contributed by atoms with Gasteiger partial charge in [-0.2, -0.15) is 0 Å². The van der Waals surface area contributed by atoms with Crippen molar-refractivity contribution in [2.24, 2.45) is 0 Å². The van der Waals surface area contributed by atoms with E-state index in [4.69, 9.17) is 52.4 Å². The summed E-state index contributed by atoms with van der Waals surface area (Å²) in [5.41, 5.74) is 7.38. The van der Waals surface area contributed by atoms with Crippen LogP contribution in [0.2, 0.25) is 10.0 Å². The number of nitrogens with one attached hydrogen (secondary N) is 2. The standard InChI is InChI=1S/C46H48Cl2N4O10S2/c1-27-29(23-59-41-17-39(61-25-43-51-9-11-63-43)31(13-37(41)47)19-49-21-33(53)15-45(55)56)5-3-7-35(27)36-8-4-6-30(28(36)2)24-60-42-18-40(62-26-44-52-10-12-64-44)32(14-38(42)48)20-50-22-34(54)16-46(57)58/h3-14,17-18,33-34,49-50,53-54H,15-16,19-26H2,1-2H3,(H,55,56)(H,57,58). The van der Waals surface area contributed by atoms with Crippen molar-refractivity contribution in [2.45, 2.75) is 78.4 Å². The van der Waals surface area contributed by atoms with Gasteiger partial charge < -0.3 is 50.0 Å². The molecule has 0 radical (unpaired) electrons. The first-order valence-electron chi connectivity index (χ1n) is 20.2. The highest BCUT2D eigenvalue weighted by Gasteiger charge is 2.18. The molecule has 0 aliphatic rings. The number of nitrogens with zero attached hydrogens (tertiary/aromatic N) is 2. The minimum Gasteiger partial charge on any atom is -0.487 e. The summed E-state index contributed by atoms with van der Waals surface area (Å²) < 4.78 is 25.0. The summed E-state index contributed by atoms with van der Waals surface area (Å²) in [7, 11) is 0. The number of thiazole rings is 2. The SMILES string of the molecule is Cc1c(COc2cc(OCc3nccs3)c(CNCC(O)CC(=O)O)cc2Cl)cccc1-c1cccc(COc2cc(OCc3nccs3)c(CNCC(O)CC(=O)O)cc2Cl)c1C. The topological polar surface area (TPSA) is 202 Å². The van der Waals surface area contributed by atoms with Crippen LogP contribution in [0.15, 0.2) is 83.8 Å². The van der Waals surface area contributed by atoms with Gasteiger partial charge in [0.05, 0.1) is 35.1 Å². The van der Waals surface area contributed by atoms with E-state index >= 15 is 0 Å². The molecule has 2 unspecified atom stereocenters. The lowest BCUT2D eigenvalue weighted by Gasteiger charge is -2.19. The zero-order valence-electron chi connectivity index (χ0n) is 35.0. The lowest BCUT2D eigenvalue weighted by atomic mass is 9.92. The first-order valence-corrected chi connectivity index (χ1v) is 22.7. The molecule has 6 aromatic rings. The zero-order chi connectivity index (χ0) is 45.6. The highest BCUT2D eigenvalue weighted by molar-refractivity contribution is 7.09. The number of carboxylic acids is 2. The van der Waals surface area contributed by atoms with Crippen LogP contribution in [0.5, 0.6) is 23.0 Å². The molecule has 0 bridgehead atoms. The van der Waals surface area contributed by atoms with Crippen LogP contribution >= 0.6 is 45.9 Å². The molecular formula is C46H48Cl2N4O10S2. The molecule has 0 fully saturated rings. The molecule has 4 aromatic carbocycles. The van der Waals surface area contributed by atoms with Gasteiger partial charge in [0.25, 0.3) is 0 Å². The fraction of sp³-hybridized carbons (Fsp3) is 0.304. The van der Waals surface area contributed by atoms with Crippen molar-refractivity contribution >= 4 is 57.8 Å². The maximum Gasteiger partial charge on any atom is 0.306 e. The molecule has 0 spiro atoms. The maximum atomic E-state index is 11.0. The van der Waals surface area contributed by atoms with Gasteiger partial charge in [0.2, 0.25) is 0 Å². The second-order valence-electron chi connectivity index (χ2n) is 14.7. The fourth-order valence-corrected chi connectivity index (χ4v) is 8.25. The predicted molar refractivity (Wildman–Crippen MR) is 246 cm³/mol. The number of benzene rings is 4. The summed E-state index contributed by atoms with van der Waals surface area (Å²) in [5, 5.41) is 50.2. The Bertz CT molecular complexity index is 2320. The number of aromatic nitrogens is 2. The van der Waals surface area contributed by atoms with Crippen LogP contribution in [0.4, 0.5) is 0 Å². The van der Waals surface area contributed by atoms with Gasteiger partial charge in [-0.1, -0.05) is 59.6 Å². The van der Waals surface area contributed by atoms with E-state index in [1.54, 1.807) is 36.7 Å².